The van der Waals surface area contributed by atoms with Gasteiger partial charge in [0.05, 0.1) is 12.2 Å². The molecule has 0 radical (unpaired) electrons. The monoisotopic (exact) mass is 378 g/mol. The SMILES string of the molecule is CN(C)c1ccc(OC2CCN(C(=O)c3cccc(-n4cccn4)c3)C2)nn1. The minimum Gasteiger partial charge on any atom is -0.471 e. The maximum Gasteiger partial charge on any atom is 0.254 e. The fraction of sp³-hybridized carbons (Fsp3) is 0.300. The largest absolute Gasteiger partial charge is 0.471 e. The smallest absolute Gasteiger partial charge is 0.254 e. The van der Waals surface area contributed by atoms with E-state index < -0.39 is 0 Å². The van der Waals surface area contributed by atoms with Gasteiger partial charge in [0.1, 0.15) is 6.10 Å². The van der Waals surface area contributed by atoms with Crippen LogP contribution in [0.1, 0.15) is 16.8 Å². The molecule has 0 spiro atoms. The highest BCUT2D eigenvalue weighted by Crippen LogP contribution is 2.20. The first kappa shape index (κ1) is 18.0. The van der Waals surface area contributed by atoms with Crippen molar-refractivity contribution in [2.24, 2.45) is 0 Å². The van der Waals surface area contributed by atoms with Crippen molar-refractivity contribution in [1.29, 1.82) is 0 Å². The van der Waals surface area contributed by atoms with Gasteiger partial charge in [-0.1, -0.05) is 6.07 Å². The van der Waals surface area contributed by atoms with Crippen LogP contribution in [-0.2, 0) is 0 Å². The molecule has 1 saturated heterocycles. The van der Waals surface area contributed by atoms with Gasteiger partial charge in [0.2, 0.25) is 5.88 Å². The number of carbonyl (C=O) groups excluding carboxylic acids is 1. The molecule has 0 N–H and O–H groups in total. The predicted octanol–water partition coefficient (Wildman–Crippen LogP) is 2.02. The number of amides is 1. The van der Waals surface area contributed by atoms with Gasteiger partial charge < -0.3 is 14.5 Å². The zero-order valence-corrected chi connectivity index (χ0v) is 15.9. The van der Waals surface area contributed by atoms with E-state index in [2.05, 4.69) is 15.3 Å². The number of nitrogens with zero attached hydrogens (tertiary/aromatic N) is 6. The van der Waals surface area contributed by atoms with Gasteiger partial charge in [-0.15, -0.1) is 10.2 Å². The van der Waals surface area contributed by atoms with Crippen molar-refractivity contribution in [1.82, 2.24) is 24.9 Å². The molecule has 0 saturated carbocycles. The first-order chi connectivity index (χ1) is 13.6. The molecular formula is C20H22N6O2. The predicted molar refractivity (Wildman–Crippen MR) is 105 cm³/mol. The van der Waals surface area contributed by atoms with Crippen LogP contribution in [0.15, 0.2) is 54.9 Å². The van der Waals surface area contributed by atoms with Gasteiger partial charge in [-0.3, -0.25) is 4.79 Å². The Bertz CT molecular complexity index is 940. The normalized spacial score (nSPS) is 16.2. The number of anilines is 1. The van der Waals surface area contributed by atoms with Crippen LogP contribution in [-0.4, -0.2) is 64.1 Å². The molecule has 1 atom stereocenters. The van der Waals surface area contributed by atoms with Gasteiger partial charge in [0, 0.05) is 51.1 Å². The van der Waals surface area contributed by atoms with E-state index in [0.29, 0.717) is 24.5 Å². The molecule has 3 aromatic rings. The second kappa shape index (κ2) is 7.67. The van der Waals surface area contributed by atoms with Gasteiger partial charge in [-0.25, -0.2) is 4.68 Å². The number of hydrogen-bond acceptors (Lipinski definition) is 6. The van der Waals surface area contributed by atoms with Crippen molar-refractivity contribution in [2.45, 2.75) is 12.5 Å². The topological polar surface area (TPSA) is 76.4 Å². The Kier molecular flexibility index (Phi) is 4.92. The number of benzene rings is 1. The Hall–Kier alpha value is -3.42. The molecule has 1 aromatic carbocycles. The lowest BCUT2D eigenvalue weighted by molar-refractivity contribution is 0.0771. The number of carbonyl (C=O) groups is 1. The van der Waals surface area contributed by atoms with Crippen LogP contribution in [0, 0.1) is 0 Å². The molecule has 8 nitrogen and oxygen atoms in total. The highest BCUT2D eigenvalue weighted by atomic mass is 16.5. The van der Waals surface area contributed by atoms with E-state index in [1.54, 1.807) is 16.9 Å². The van der Waals surface area contributed by atoms with Crippen molar-refractivity contribution >= 4 is 11.7 Å². The molecule has 1 fully saturated rings. The molecule has 2 aromatic heterocycles. The highest BCUT2D eigenvalue weighted by Gasteiger charge is 2.28. The van der Waals surface area contributed by atoms with Crippen molar-refractivity contribution < 1.29 is 9.53 Å². The number of rotatable bonds is 5. The molecule has 4 rings (SSSR count). The summed E-state index contributed by atoms with van der Waals surface area (Å²) in [4.78, 5) is 16.6. The zero-order chi connectivity index (χ0) is 19.5. The van der Waals surface area contributed by atoms with E-state index in [4.69, 9.17) is 4.74 Å². The quantitative estimate of drug-likeness (QED) is 0.676. The average Bonchev–Trinajstić information content (AvgIpc) is 3.40. The minimum atomic E-state index is -0.0854. The summed E-state index contributed by atoms with van der Waals surface area (Å²) in [5, 5.41) is 12.4. The summed E-state index contributed by atoms with van der Waals surface area (Å²) in [5.41, 5.74) is 1.50. The van der Waals surface area contributed by atoms with E-state index >= 15 is 0 Å². The molecule has 3 heterocycles. The van der Waals surface area contributed by atoms with Crippen LogP contribution < -0.4 is 9.64 Å². The number of aromatic nitrogens is 4. The van der Waals surface area contributed by atoms with Gasteiger partial charge in [-0.2, -0.15) is 5.10 Å². The third-order valence-corrected chi connectivity index (χ3v) is 4.67. The van der Waals surface area contributed by atoms with Crippen molar-refractivity contribution in [3.8, 4) is 11.6 Å². The van der Waals surface area contributed by atoms with E-state index in [1.807, 2.05) is 66.5 Å². The standard InChI is InChI=1S/C20H22N6O2/c1-24(2)18-7-8-19(23-22-18)28-17-9-12-25(14-17)20(27)15-5-3-6-16(13-15)26-11-4-10-21-26/h3-8,10-11,13,17H,9,12,14H2,1-2H3. The van der Waals surface area contributed by atoms with Crippen LogP contribution >= 0.6 is 0 Å². The Labute approximate surface area is 163 Å². The molecule has 28 heavy (non-hydrogen) atoms. The fourth-order valence-corrected chi connectivity index (χ4v) is 3.18. The summed E-state index contributed by atoms with van der Waals surface area (Å²) in [6, 6.07) is 13.0. The van der Waals surface area contributed by atoms with Gasteiger partial charge >= 0.3 is 0 Å². The summed E-state index contributed by atoms with van der Waals surface area (Å²) in [6.45, 7) is 1.18. The molecule has 144 valence electrons. The van der Waals surface area contributed by atoms with Crippen LogP contribution in [0.25, 0.3) is 5.69 Å². The molecular weight excluding hydrogens is 356 g/mol. The second-order valence-corrected chi connectivity index (χ2v) is 6.90. The van der Waals surface area contributed by atoms with Gasteiger partial charge in [0.15, 0.2) is 5.82 Å². The lowest BCUT2D eigenvalue weighted by Gasteiger charge is -2.17. The lowest BCUT2D eigenvalue weighted by Crippen LogP contribution is -2.31. The van der Waals surface area contributed by atoms with Crippen LogP contribution in [0.4, 0.5) is 5.82 Å². The van der Waals surface area contributed by atoms with Crippen molar-refractivity contribution in [2.75, 3.05) is 32.1 Å². The zero-order valence-electron chi connectivity index (χ0n) is 15.9. The van der Waals surface area contributed by atoms with Crippen molar-refractivity contribution in [3.63, 3.8) is 0 Å². The van der Waals surface area contributed by atoms with E-state index in [0.717, 1.165) is 17.9 Å². The number of likely N-dealkylation sites (tertiary alicyclic amines) is 1. The minimum absolute atomic E-state index is 0.00542. The van der Waals surface area contributed by atoms with Gasteiger partial charge in [-0.05, 0) is 30.3 Å². The summed E-state index contributed by atoms with van der Waals surface area (Å²) >= 11 is 0. The van der Waals surface area contributed by atoms with E-state index in [9.17, 15) is 4.79 Å². The summed E-state index contributed by atoms with van der Waals surface area (Å²) < 4.78 is 7.65. The summed E-state index contributed by atoms with van der Waals surface area (Å²) in [6.07, 6.45) is 4.25. The van der Waals surface area contributed by atoms with E-state index in [1.165, 1.54) is 0 Å². The first-order valence-electron chi connectivity index (χ1n) is 9.17. The van der Waals surface area contributed by atoms with E-state index in [-0.39, 0.29) is 12.0 Å². The molecule has 0 bridgehead atoms. The Morgan fingerprint density at radius 3 is 2.79 bits per heavy atom. The average molecular weight is 378 g/mol. The first-order valence-corrected chi connectivity index (χ1v) is 9.17. The molecule has 8 heteroatoms. The molecule has 1 aliphatic heterocycles. The van der Waals surface area contributed by atoms with Crippen LogP contribution in [0.3, 0.4) is 0 Å². The lowest BCUT2D eigenvalue weighted by atomic mass is 10.2. The Morgan fingerprint density at radius 1 is 1.18 bits per heavy atom. The highest BCUT2D eigenvalue weighted by molar-refractivity contribution is 5.95. The maximum absolute atomic E-state index is 12.9. The van der Waals surface area contributed by atoms with Gasteiger partial charge in [0.25, 0.3) is 5.91 Å². The van der Waals surface area contributed by atoms with Crippen LogP contribution in [0.2, 0.25) is 0 Å². The molecule has 1 amide bonds. The Balaban J connectivity index is 1.40. The maximum atomic E-state index is 12.9. The third kappa shape index (κ3) is 3.80. The number of hydrogen-bond donors (Lipinski definition) is 0. The molecule has 0 aliphatic carbocycles. The summed E-state index contributed by atoms with van der Waals surface area (Å²) in [5.74, 6) is 1.24. The number of ether oxygens (including phenoxy) is 1. The third-order valence-electron chi connectivity index (χ3n) is 4.67. The summed E-state index contributed by atoms with van der Waals surface area (Å²) in [7, 11) is 3.82. The van der Waals surface area contributed by atoms with Crippen LogP contribution in [0.5, 0.6) is 5.88 Å². The Morgan fingerprint density at radius 2 is 2.07 bits per heavy atom. The second-order valence-electron chi connectivity index (χ2n) is 6.90. The molecule has 1 unspecified atom stereocenters. The molecule has 1 aliphatic rings. The fourth-order valence-electron chi connectivity index (χ4n) is 3.18. The van der Waals surface area contributed by atoms with Crippen molar-refractivity contribution in [3.05, 3.63) is 60.4 Å².